The SMILES string of the molecule is CCC1(OC(N)=O)CCN(c2cnc3nc(Cl)ccc3n2)CC1. The minimum Gasteiger partial charge on any atom is -0.443 e. The van der Waals surface area contributed by atoms with Gasteiger partial charge in [0.2, 0.25) is 0 Å². The molecule has 2 aromatic rings. The average Bonchev–Trinajstić information content (AvgIpc) is 2.54. The van der Waals surface area contributed by atoms with Gasteiger partial charge in [-0.3, -0.25) is 0 Å². The zero-order chi connectivity index (χ0) is 16.4. The highest BCUT2D eigenvalue weighted by Gasteiger charge is 2.36. The lowest BCUT2D eigenvalue weighted by Crippen LogP contribution is -2.47. The van der Waals surface area contributed by atoms with Crippen molar-refractivity contribution in [1.82, 2.24) is 15.0 Å². The number of carbonyl (C=O) groups excluding carboxylic acids is 1. The van der Waals surface area contributed by atoms with E-state index in [4.69, 9.17) is 22.1 Å². The van der Waals surface area contributed by atoms with Crippen molar-refractivity contribution in [3.8, 4) is 0 Å². The number of nitrogens with two attached hydrogens (primary N) is 1. The first-order valence-electron chi connectivity index (χ1n) is 7.54. The summed E-state index contributed by atoms with van der Waals surface area (Å²) in [6.45, 7) is 3.45. The van der Waals surface area contributed by atoms with Crippen LogP contribution >= 0.6 is 11.6 Å². The van der Waals surface area contributed by atoms with E-state index in [0.29, 0.717) is 29.2 Å². The third-order valence-corrected chi connectivity index (χ3v) is 4.53. The fraction of sp³-hybridized carbons (Fsp3) is 0.467. The van der Waals surface area contributed by atoms with Crippen molar-refractivity contribution in [3.63, 3.8) is 0 Å². The van der Waals surface area contributed by atoms with E-state index < -0.39 is 11.7 Å². The van der Waals surface area contributed by atoms with Crippen LogP contribution in [-0.4, -0.2) is 39.7 Å². The number of hydrogen-bond acceptors (Lipinski definition) is 6. The molecule has 0 saturated carbocycles. The molecular formula is C15H18ClN5O2. The van der Waals surface area contributed by atoms with E-state index in [1.165, 1.54) is 0 Å². The highest BCUT2D eigenvalue weighted by Crippen LogP contribution is 2.31. The molecule has 0 aromatic carbocycles. The Morgan fingerprint density at radius 2 is 2.13 bits per heavy atom. The molecule has 1 saturated heterocycles. The summed E-state index contributed by atoms with van der Waals surface area (Å²) in [5.41, 5.74) is 5.95. The Morgan fingerprint density at radius 3 is 2.78 bits per heavy atom. The molecule has 0 bridgehead atoms. The van der Waals surface area contributed by atoms with Crippen molar-refractivity contribution >= 4 is 34.7 Å². The Morgan fingerprint density at radius 1 is 1.39 bits per heavy atom. The molecule has 0 spiro atoms. The first-order valence-corrected chi connectivity index (χ1v) is 7.92. The first kappa shape index (κ1) is 15.7. The van der Waals surface area contributed by atoms with Crippen LogP contribution < -0.4 is 10.6 Å². The maximum atomic E-state index is 11.1. The van der Waals surface area contributed by atoms with E-state index in [0.717, 1.165) is 25.3 Å². The maximum absolute atomic E-state index is 11.1. The molecule has 1 fully saturated rings. The normalized spacial score (nSPS) is 17.2. The number of nitrogens with zero attached hydrogens (tertiary/aromatic N) is 4. The lowest BCUT2D eigenvalue weighted by atomic mass is 9.88. The molecule has 0 atom stereocenters. The van der Waals surface area contributed by atoms with Gasteiger partial charge in [-0.05, 0) is 18.6 Å². The van der Waals surface area contributed by atoms with Gasteiger partial charge in [-0.15, -0.1) is 0 Å². The van der Waals surface area contributed by atoms with Crippen molar-refractivity contribution in [2.75, 3.05) is 18.0 Å². The Hall–Kier alpha value is -2.15. The zero-order valence-electron chi connectivity index (χ0n) is 12.8. The van der Waals surface area contributed by atoms with Crippen molar-refractivity contribution in [2.45, 2.75) is 31.8 Å². The Bertz CT molecular complexity index is 731. The number of primary amides is 1. The summed E-state index contributed by atoms with van der Waals surface area (Å²) in [6, 6.07) is 3.50. The number of ether oxygens (including phenoxy) is 1. The highest BCUT2D eigenvalue weighted by atomic mass is 35.5. The predicted molar refractivity (Wildman–Crippen MR) is 87.5 cm³/mol. The predicted octanol–water partition coefficient (Wildman–Crippen LogP) is 2.52. The minimum atomic E-state index is -0.714. The van der Waals surface area contributed by atoms with Crippen molar-refractivity contribution in [3.05, 3.63) is 23.5 Å². The molecule has 3 heterocycles. The van der Waals surface area contributed by atoms with Crippen LogP contribution in [0.15, 0.2) is 18.3 Å². The van der Waals surface area contributed by atoms with Crippen LogP contribution in [0.1, 0.15) is 26.2 Å². The largest absolute Gasteiger partial charge is 0.443 e. The molecule has 0 aliphatic carbocycles. The number of rotatable bonds is 3. The van der Waals surface area contributed by atoms with Gasteiger partial charge >= 0.3 is 6.09 Å². The standard InChI is InChI=1S/C15H18ClN5O2/c1-2-15(23-14(17)22)5-7-21(8-6-15)12-9-18-13-10(19-12)3-4-11(16)20-13/h3-4,9H,2,5-8H2,1H3,(H2,17,22). The van der Waals surface area contributed by atoms with E-state index in [9.17, 15) is 4.79 Å². The van der Waals surface area contributed by atoms with Gasteiger partial charge in [-0.1, -0.05) is 18.5 Å². The van der Waals surface area contributed by atoms with E-state index in [1.807, 2.05) is 6.92 Å². The Kier molecular flexibility index (Phi) is 4.21. The molecule has 8 heteroatoms. The van der Waals surface area contributed by atoms with Gasteiger partial charge in [-0.25, -0.2) is 19.7 Å². The monoisotopic (exact) mass is 335 g/mol. The lowest BCUT2D eigenvalue weighted by Gasteiger charge is -2.40. The number of amides is 1. The van der Waals surface area contributed by atoms with Gasteiger partial charge in [0.25, 0.3) is 0 Å². The molecule has 0 unspecified atom stereocenters. The molecule has 2 N–H and O–H groups in total. The van der Waals surface area contributed by atoms with Crippen molar-refractivity contribution < 1.29 is 9.53 Å². The van der Waals surface area contributed by atoms with Gasteiger partial charge in [0.15, 0.2) is 5.65 Å². The second kappa shape index (κ2) is 6.16. The fourth-order valence-corrected chi connectivity index (χ4v) is 3.05. The van der Waals surface area contributed by atoms with Crippen molar-refractivity contribution in [1.29, 1.82) is 0 Å². The number of halogens is 1. The lowest BCUT2D eigenvalue weighted by molar-refractivity contribution is -0.00537. The van der Waals surface area contributed by atoms with Gasteiger partial charge in [0, 0.05) is 25.9 Å². The van der Waals surface area contributed by atoms with E-state index in [-0.39, 0.29) is 0 Å². The molecular weight excluding hydrogens is 318 g/mol. The smallest absolute Gasteiger partial charge is 0.405 e. The fourth-order valence-electron chi connectivity index (χ4n) is 2.91. The van der Waals surface area contributed by atoms with Crippen LogP contribution in [0.3, 0.4) is 0 Å². The summed E-state index contributed by atoms with van der Waals surface area (Å²) in [5, 5.41) is 0.397. The quantitative estimate of drug-likeness (QED) is 0.866. The molecule has 1 amide bonds. The number of piperidine rings is 1. The number of anilines is 1. The second-order valence-corrected chi connectivity index (χ2v) is 6.04. The third-order valence-electron chi connectivity index (χ3n) is 4.32. The van der Waals surface area contributed by atoms with Crippen molar-refractivity contribution in [2.24, 2.45) is 5.73 Å². The molecule has 122 valence electrons. The topological polar surface area (TPSA) is 94.2 Å². The van der Waals surface area contributed by atoms with Crippen LogP contribution in [0.5, 0.6) is 0 Å². The minimum absolute atomic E-state index is 0.397. The summed E-state index contributed by atoms with van der Waals surface area (Å²) in [4.78, 5) is 26.3. The summed E-state index contributed by atoms with van der Waals surface area (Å²) >= 11 is 5.86. The number of pyridine rings is 1. The van der Waals surface area contributed by atoms with E-state index in [1.54, 1.807) is 18.3 Å². The molecule has 3 rings (SSSR count). The molecule has 2 aromatic heterocycles. The van der Waals surface area contributed by atoms with Gasteiger partial charge in [0.05, 0.1) is 6.20 Å². The summed E-state index contributed by atoms with van der Waals surface area (Å²) in [5.74, 6) is 0.783. The van der Waals surface area contributed by atoms with E-state index in [2.05, 4.69) is 19.9 Å². The van der Waals surface area contributed by atoms with E-state index >= 15 is 0 Å². The van der Waals surface area contributed by atoms with Gasteiger partial charge in [0.1, 0.15) is 22.1 Å². The van der Waals surface area contributed by atoms with Crippen LogP contribution in [0.25, 0.3) is 11.2 Å². The molecule has 1 aliphatic heterocycles. The highest BCUT2D eigenvalue weighted by molar-refractivity contribution is 6.29. The Labute approximate surface area is 138 Å². The Balaban J connectivity index is 1.77. The number of aromatic nitrogens is 3. The summed E-state index contributed by atoms with van der Waals surface area (Å²) in [7, 11) is 0. The molecule has 0 radical (unpaired) electrons. The first-order chi connectivity index (χ1) is 11.0. The second-order valence-electron chi connectivity index (χ2n) is 5.65. The van der Waals surface area contributed by atoms with Crippen LogP contribution in [-0.2, 0) is 4.74 Å². The number of hydrogen-bond donors (Lipinski definition) is 1. The third kappa shape index (κ3) is 3.29. The molecule has 1 aliphatic rings. The van der Waals surface area contributed by atoms with Gasteiger partial charge in [-0.2, -0.15) is 0 Å². The zero-order valence-corrected chi connectivity index (χ0v) is 13.6. The van der Waals surface area contributed by atoms with Gasteiger partial charge < -0.3 is 15.4 Å². The van der Waals surface area contributed by atoms with Crippen LogP contribution in [0.4, 0.5) is 10.6 Å². The summed E-state index contributed by atoms with van der Waals surface area (Å²) in [6.07, 6.45) is 3.15. The van der Waals surface area contributed by atoms with Crippen LogP contribution in [0.2, 0.25) is 5.15 Å². The summed E-state index contributed by atoms with van der Waals surface area (Å²) < 4.78 is 5.35. The average molecular weight is 336 g/mol. The molecule has 23 heavy (non-hydrogen) atoms. The molecule has 7 nitrogen and oxygen atoms in total. The van der Waals surface area contributed by atoms with Crippen LogP contribution in [0, 0.1) is 0 Å². The number of carbonyl (C=O) groups is 1. The maximum Gasteiger partial charge on any atom is 0.405 e. The number of fused-ring (bicyclic) bond motifs is 1.